The Labute approximate surface area is 69.9 Å². The summed E-state index contributed by atoms with van der Waals surface area (Å²) >= 11 is 11.6. The molecule has 1 aliphatic carbocycles. The highest BCUT2D eigenvalue weighted by molar-refractivity contribution is 6.32. The Kier molecular flexibility index (Phi) is 2.53. The third kappa shape index (κ3) is 1.43. The van der Waals surface area contributed by atoms with Gasteiger partial charge in [-0.3, -0.25) is 0 Å². The van der Waals surface area contributed by atoms with Crippen molar-refractivity contribution in [3.05, 3.63) is 4.91 Å². The maximum absolute atomic E-state index is 10.2. The van der Waals surface area contributed by atoms with Gasteiger partial charge in [0.1, 0.15) is 0 Å². The van der Waals surface area contributed by atoms with E-state index in [1.54, 1.807) is 0 Å². The molecule has 2 nitrogen and oxygen atoms in total. The molecule has 0 amide bonds. The molecule has 10 heavy (non-hydrogen) atoms. The smallest absolute Gasteiger partial charge is 0.149 e. The van der Waals surface area contributed by atoms with E-state index in [9.17, 15) is 4.91 Å². The van der Waals surface area contributed by atoms with E-state index in [1.165, 1.54) is 0 Å². The summed E-state index contributed by atoms with van der Waals surface area (Å²) in [5, 5.41) is 2.57. The second kappa shape index (κ2) is 3.05. The minimum Gasteiger partial charge on any atom is -0.149 e. The van der Waals surface area contributed by atoms with Crippen molar-refractivity contribution in [1.82, 2.24) is 0 Å². The van der Waals surface area contributed by atoms with Crippen LogP contribution < -0.4 is 0 Å². The van der Waals surface area contributed by atoms with Crippen LogP contribution in [0.5, 0.6) is 0 Å². The fourth-order valence-corrected chi connectivity index (χ4v) is 1.72. The van der Waals surface area contributed by atoms with Gasteiger partial charge in [0.25, 0.3) is 0 Å². The molecule has 0 aromatic rings. The van der Waals surface area contributed by atoms with Crippen LogP contribution in [0.15, 0.2) is 5.18 Å². The lowest BCUT2D eigenvalue weighted by molar-refractivity contribution is 0.406. The number of alkyl halides is 2. The molecule has 2 atom stereocenters. The first kappa shape index (κ1) is 8.28. The quantitative estimate of drug-likeness (QED) is 0.348. The Morgan fingerprint density at radius 3 is 2.60 bits per heavy atom. The SMILES string of the molecule is O=NC1(Cl)CCCCC1Cl. The van der Waals surface area contributed by atoms with Gasteiger partial charge in [-0.05, 0) is 24.4 Å². The molecule has 0 N–H and O–H groups in total. The van der Waals surface area contributed by atoms with Crippen LogP contribution in [0, 0.1) is 4.91 Å². The first-order valence-electron chi connectivity index (χ1n) is 3.36. The Balaban J connectivity index is 2.62. The normalized spacial score (nSPS) is 41.2. The first-order chi connectivity index (χ1) is 4.69. The number of hydrogen-bond donors (Lipinski definition) is 0. The zero-order valence-electron chi connectivity index (χ0n) is 5.52. The summed E-state index contributed by atoms with van der Waals surface area (Å²) in [6.07, 6.45) is 3.43. The lowest BCUT2D eigenvalue weighted by atomic mass is 9.95. The number of halogens is 2. The first-order valence-corrected chi connectivity index (χ1v) is 4.18. The maximum atomic E-state index is 10.2. The van der Waals surface area contributed by atoms with Gasteiger partial charge in [0, 0.05) is 0 Å². The van der Waals surface area contributed by atoms with Gasteiger partial charge < -0.3 is 0 Å². The second-order valence-corrected chi connectivity index (χ2v) is 3.80. The number of nitroso groups, excluding NO2 is 1. The molecule has 0 heterocycles. The summed E-state index contributed by atoms with van der Waals surface area (Å²) in [6, 6.07) is 0. The van der Waals surface area contributed by atoms with Crippen molar-refractivity contribution < 1.29 is 0 Å². The highest BCUT2D eigenvalue weighted by Crippen LogP contribution is 2.38. The molecule has 0 aromatic carbocycles. The highest BCUT2D eigenvalue weighted by atomic mass is 35.5. The van der Waals surface area contributed by atoms with E-state index in [1.807, 2.05) is 0 Å². The van der Waals surface area contributed by atoms with Gasteiger partial charge in [0.15, 0.2) is 5.00 Å². The Bertz CT molecular complexity index is 142. The lowest BCUT2D eigenvalue weighted by Gasteiger charge is -2.28. The second-order valence-electron chi connectivity index (χ2n) is 2.62. The molecule has 4 heteroatoms. The minimum atomic E-state index is -1.01. The molecule has 0 bridgehead atoms. The Morgan fingerprint density at radius 1 is 1.50 bits per heavy atom. The van der Waals surface area contributed by atoms with Gasteiger partial charge in [-0.15, -0.1) is 16.5 Å². The fourth-order valence-electron chi connectivity index (χ4n) is 1.18. The van der Waals surface area contributed by atoms with Crippen molar-refractivity contribution in [2.75, 3.05) is 0 Å². The molecule has 0 aromatic heterocycles. The molecule has 0 spiro atoms. The van der Waals surface area contributed by atoms with Crippen molar-refractivity contribution >= 4 is 23.2 Å². The Morgan fingerprint density at radius 2 is 2.20 bits per heavy atom. The van der Waals surface area contributed by atoms with Gasteiger partial charge in [-0.2, -0.15) is 0 Å². The van der Waals surface area contributed by atoms with E-state index >= 15 is 0 Å². The van der Waals surface area contributed by atoms with Crippen molar-refractivity contribution in [2.24, 2.45) is 5.18 Å². The van der Waals surface area contributed by atoms with Crippen molar-refractivity contribution in [3.63, 3.8) is 0 Å². The molecule has 1 rings (SSSR count). The summed E-state index contributed by atoms with van der Waals surface area (Å²) in [5.74, 6) is 0. The van der Waals surface area contributed by atoms with E-state index in [0.29, 0.717) is 6.42 Å². The molecule has 0 saturated heterocycles. The summed E-state index contributed by atoms with van der Waals surface area (Å²) < 4.78 is 0. The lowest BCUT2D eigenvalue weighted by Crippen LogP contribution is -2.33. The Hall–Kier alpha value is 0.180. The fraction of sp³-hybridized carbons (Fsp3) is 1.00. The highest BCUT2D eigenvalue weighted by Gasteiger charge is 2.39. The molecule has 2 unspecified atom stereocenters. The molecular weight excluding hydrogens is 173 g/mol. The maximum Gasteiger partial charge on any atom is 0.191 e. The largest absolute Gasteiger partial charge is 0.191 e. The zero-order chi connectivity index (χ0) is 7.61. The predicted octanol–water partition coefficient (Wildman–Crippen LogP) is 2.87. The topological polar surface area (TPSA) is 29.4 Å². The number of hydrogen-bond acceptors (Lipinski definition) is 2. The van der Waals surface area contributed by atoms with E-state index in [-0.39, 0.29) is 5.38 Å². The van der Waals surface area contributed by atoms with Crippen LogP contribution in [-0.4, -0.2) is 10.4 Å². The van der Waals surface area contributed by atoms with Crippen LogP contribution in [0.2, 0.25) is 0 Å². The molecule has 58 valence electrons. The van der Waals surface area contributed by atoms with Gasteiger partial charge in [0.2, 0.25) is 0 Å². The molecule has 0 aliphatic heterocycles. The summed E-state index contributed by atoms with van der Waals surface area (Å²) in [6.45, 7) is 0. The van der Waals surface area contributed by atoms with Crippen molar-refractivity contribution in [1.29, 1.82) is 0 Å². The zero-order valence-corrected chi connectivity index (χ0v) is 7.03. The van der Waals surface area contributed by atoms with E-state index < -0.39 is 5.00 Å². The molecule has 1 fully saturated rings. The van der Waals surface area contributed by atoms with E-state index in [0.717, 1.165) is 19.3 Å². The minimum absolute atomic E-state index is 0.277. The predicted molar refractivity (Wildman–Crippen MR) is 42.5 cm³/mol. The van der Waals surface area contributed by atoms with E-state index in [4.69, 9.17) is 23.2 Å². The van der Waals surface area contributed by atoms with Crippen LogP contribution in [0.1, 0.15) is 25.7 Å². The van der Waals surface area contributed by atoms with Crippen LogP contribution in [0.3, 0.4) is 0 Å². The van der Waals surface area contributed by atoms with Crippen LogP contribution in [0.4, 0.5) is 0 Å². The average Bonchev–Trinajstić information content (AvgIpc) is 1.96. The third-order valence-corrected chi connectivity index (χ3v) is 3.08. The summed E-state index contributed by atoms with van der Waals surface area (Å²) in [4.78, 5) is 9.21. The average molecular weight is 182 g/mol. The molecule has 1 aliphatic rings. The third-order valence-electron chi connectivity index (χ3n) is 1.87. The molecule has 0 radical (unpaired) electrons. The molecular formula is C6H9Cl2NO. The molecule has 1 saturated carbocycles. The summed E-state index contributed by atoms with van der Waals surface area (Å²) in [5.41, 5.74) is 0. The summed E-state index contributed by atoms with van der Waals surface area (Å²) in [7, 11) is 0. The van der Waals surface area contributed by atoms with Gasteiger partial charge in [-0.25, -0.2) is 0 Å². The monoisotopic (exact) mass is 181 g/mol. The van der Waals surface area contributed by atoms with Gasteiger partial charge >= 0.3 is 0 Å². The van der Waals surface area contributed by atoms with Crippen molar-refractivity contribution in [2.45, 2.75) is 36.1 Å². The standard InChI is InChI=1S/C6H9Cl2NO/c7-5-3-1-2-4-6(5,8)9-10/h5H,1-4H2. The van der Waals surface area contributed by atoms with Gasteiger partial charge in [-0.1, -0.05) is 18.0 Å². The van der Waals surface area contributed by atoms with Crippen LogP contribution in [0.25, 0.3) is 0 Å². The number of rotatable bonds is 1. The van der Waals surface area contributed by atoms with Crippen LogP contribution in [-0.2, 0) is 0 Å². The van der Waals surface area contributed by atoms with Crippen LogP contribution >= 0.6 is 23.2 Å². The number of nitrogens with zero attached hydrogens (tertiary/aromatic N) is 1. The van der Waals surface area contributed by atoms with Crippen molar-refractivity contribution in [3.8, 4) is 0 Å². The van der Waals surface area contributed by atoms with E-state index in [2.05, 4.69) is 5.18 Å². The van der Waals surface area contributed by atoms with Gasteiger partial charge in [0.05, 0.1) is 5.38 Å².